The molecular formula is C21H31NO4. The molecule has 0 saturated carbocycles. The van der Waals surface area contributed by atoms with Crippen molar-refractivity contribution in [1.29, 1.82) is 0 Å². The third kappa shape index (κ3) is 4.26. The van der Waals surface area contributed by atoms with E-state index in [9.17, 15) is 14.7 Å². The molecular weight excluding hydrogens is 330 g/mol. The molecule has 1 heterocycles. The fraction of sp³-hybridized carbons (Fsp3) is 0.619. The molecule has 0 aliphatic carbocycles. The van der Waals surface area contributed by atoms with Crippen molar-refractivity contribution in [3.63, 3.8) is 0 Å². The number of hydrogen-bond donors (Lipinski definition) is 1. The van der Waals surface area contributed by atoms with Crippen LogP contribution in [0.4, 0.5) is 5.69 Å². The molecule has 1 aliphatic rings. The van der Waals surface area contributed by atoms with E-state index >= 15 is 0 Å². The molecule has 0 fully saturated rings. The summed E-state index contributed by atoms with van der Waals surface area (Å²) in [6.07, 6.45) is 1.22. The molecule has 2 atom stereocenters. The van der Waals surface area contributed by atoms with Gasteiger partial charge in [-0.3, -0.25) is 9.59 Å². The van der Waals surface area contributed by atoms with E-state index in [-0.39, 0.29) is 11.9 Å². The van der Waals surface area contributed by atoms with Gasteiger partial charge < -0.3 is 14.7 Å². The summed E-state index contributed by atoms with van der Waals surface area (Å²) < 4.78 is 5.37. The van der Waals surface area contributed by atoms with Crippen LogP contribution in [0.3, 0.4) is 0 Å². The maximum absolute atomic E-state index is 12.0. The minimum atomic E-state index is -0.571. The number of fused-ring (bicyclic) bond motifs is 1. The van der Waals surface area contributed by atoms with E-state index in [4.69, 9.17) is 4.74 Å². The van der Waals surface area contributed by atoms with Crippen molar-refractivity contribution in [2.75, 3.05) is 11.4 Å². The number of anilines is 1. The van der Waals surface area contributed by atoms with Gasteiger partial charge in [0.2, 0.25) is 0 Å². The molecule has 26 heavy (non-hydrogen) atoms. The number of hydrogen-bond acceptors (Lipinski definition) is 5. The molecule has 144 valence electrons. The molecule has 0 amide bonds. The summed E-state index contributed by atoms with van der Waals surface area (Å²) in [6, 6.07) is 5.59. The lowest BCUT2D eigenvalue weighted by molar-refractivity contribution is -0.154. The quantitative estimate of drug-likeness (QED) is 0.640. The van der Waals surface area contributed by atoms with E-state index < -0.39 is 17.2 Å². The summed E-state index contributed by atoms with van der Waals surface area (Å²) in [7, 11) is 0. The molecule has 0 spiro atoms. The second-order valence-electron chi connectivity index (χ2n) is 8.66. The average molecular weight is 361 g/mol. The van der Waals surface area contributed by atoms with E-state index in [0.717, 1.165) is 17.5 Å². The van der Waals surface area contributed by atoms with Crippen molar-refractivity contribution >= 4 is 17.9 Å². The lowest BCUT2D eigenvalue weighted by Crippen LogP contribution is -2.58. The predicted octanol–water partition coefficient (Wildman–Crippen LogP) is 3.68. The minimum absolute atomic E-state index is 0.0676. The Morgan fingerprint density at radius 3 is 2.58 bits per heavy atom. The predicted molar refractivity (Wildman–Crippen MR) is 103 cm³/mol. The highest BCUT2D eigenvalue weighted by molar-refractivity contribution is 5.78. The minimum Gasteiger partial charge on any atom is -0.460 e. The van der Waals surface area contributed by atoms with Crippen LogP contribution in [0.5, 0.6) is 0 Å². The number of benzene rings is 1. The highest BCUT2D eigenvalue weighted by Gasteiger charge is 2.43. The molecule has 1 aliphatic heterocycles. The molecule has 5 heteroatoms. The number of rotatable bonds is 5. The van der Waals surface area contributed by atoms with Crippen LogP contribution in [-0.2, 0) is 9.53 Å². The fourth-order valence-electron chi connectivity index (χ4n) is 3.69. The SMILES string of the molecule is CC1c2cc(C=O)ccc2N(CCCC(=O)OC(C)(C)C)C(C)(C)C1O. The number of nitrogens with zero attached hydrogens (tertiary/aromatic N) is 1. The zero-order valence-corrected chi connectivity index (χ0v) is 16.7. The summed E-state index contributed by atoms with van der Waals surface area (Å²) >= 11 is 0. The Kier molecular flexibility index (Phi) is 5.81. The number of aliphatic hydroxyl groups is 1. The zero-order valence-electron chi connectivity index (χ0n) is 16.7. The van der Waals surface area contributed by atoms with E-state index in [1.54, 1.807) is 6.07 Å². The van der Waals surface area contributed by atoms with Crippen molar-refractivity contribution < 1.29 is 19.4 Å². The van der Waals surface area contributed by atoms with Crippen LogP contribution in [0.1, 0.15) is 76.2 Å². The van der Waals surface area contributed by atoms with E-state index in [1.165, 1.54) is 0 Å². The molecule has 0 aromatic heterocycles. The van der Waals surface area contributed by atoms with Gasteiger partial charge in [0.05, 0.1) is 11.6 Å². The van der Waals surface area contributed by atoms with Crippen molar-refractivity contribution in [3.8, 4) is 0 Å². The highest BCUT2D eigenvalue weighted by Crippen LogP contribution is 2.43. The Bertz CT molecular complexity index is 675. The van der Waals surface area contributed by atoms with Crippen molar-refractivity contribution in [3.05, 3.63) is 29.3 Å². The maximum Gasteiger partial charge on any atom is 0.306 e. The van der Waals surface area contributed by atoms with Crippen LogP contribution in [0, 0.1) is 0 Å². The van der Waals surface area contributed by atoms with Crippen LogP contribution in [0.15, 0.2) is 18.2 Å². The maximum atomic E-state index is 12.0. The average Bonchev–Trinajstić information content (AvgIpc) is 2.54. The largest absolute Gasteiger partial charge is 0.460 e. The third-order valence-electron chi connectivity index (χ3n) is 5.04. The van der Waals surface area contributed by atoms with Crippen LogP contribution in [-0.4, -0.2) is 41.2 Å². The normalized spacial score (nSPS) is 21.9. The van der Waals surface area contributed by atoms with Gasteiger partial charge in [-0.1, -0.05) is 6.92 Å². The molecule has 1 aromatic carbocycles. The summed E-state index contributed by atoms with van der Waals surface area (Å²) in [5.41, 5.74) is 1.64. The van der Waals surface area contributed by atoms with Crippen LogP contribution >= 0.6 is 0 Å². The number of aliphatic hydroxyl groups excluding tert-OH is 1. The first-order chi connectivity index (χ1) is 12.0. The molecule has 0 saturated heterocycles. The summed E-state index contributed by atoms with van der Waals surface area (Å²) in [4.78, 5) is 25.2. The first-order valence-corrected chi connectivity index (χ1v) is 9.24. The number of ether oxygens (including phenoxy) is 1. The lowest BCUT2D eigenvalue weighted by Gasteiger charge is -2.51. The first kappa shape index (κ1) is 20.4. The molecule has 1 aromatic rings. The molecule has 0 bridgehead atoms. The summed E-state index contributed by atoms with van der Waals surface area (Å²) in [6.45, 7) is 12.2. The van der Waals surface area contributed by atoms with Gasteiger partial charge in [0.1, 0.15) is 11.9 Å². The van der Waals surface area contributed by atoms with E-state index in [1.807, 2.05) is 53.7 Å². The number of aldehydes is 1. The van der Waals surface area contributed by atoms with Crippen molar-refractivity contribution in [1.82, 2.24) is 0 Å². The molecule has 2 rings (SSSR count). The Balaban J connectivity index is 2.20. The van der Waals surface area contributed by atoms with Crippen LogP contribution in [0.25, 0.3) is 0 Å². The molecule has 2 unspecified atom stereocenters. The second-order valence-corrected chi connectivity index (χ2v) is 8.66. The number of carbonyl (C=O) groups excluding carboxylic acids is 2. The van der Waals surface area contributed by atoms with Crippen molar-refractivity contribution in [2.45, 2.75) is 77.5 Å². The highest BCUT2D eigenvalue weighted by atomic mass is 16.6. The lowest BCUT2D eigenvalue weighted by atomic mass is 9.77. The van der Waals surface area contributed by atoms with E-state index in [2.05, 4.69) is 4.90 Å². The van der Waals surface area contributed by atoms with Gasteiger partial charge in [0.25, 0.3) is 0 Å². The topological polar surface area (TPSA) is 66.8 Å². The van der Waals surface area contributed by atoms with Gasteiger partial charge >= 0.3 is 5.97 Å². The third-order valence-corrected chi connectivity index (χ3v) is 5.04. The molecule has 5 nitrogen and oxygen atoms in total. The monoisotopic (exact) mass is 361 g/mol. The Morgan fingerprint density at radius 2 is 2.00 bits per heavy atom. The number of carbonyl (C=O) groups is 2. The van der Waals surface area contributed by atoms with Crippen LogP contribution < -0.4 is 4.90 Å². The van der Waals surface area contributed by atoms with Crippen LogP contribution in [0.2, 0.25) is 0 Å². The fourth-order valence-corrected chi connectivity index (χ4v) is 3.69. The van der Waals surface area contributed by atoms with Gasteiger partial charge in [-0.15, -0.1) is 0 Å². The van der Waals surface area contributed by atoms with Gasteiger partial charge in [-0.05, 0) is 64.8 Å². The van der Waals surface area contributed by atoms with Gasteiger partial charge in [-0.2, -0.15) is 0 Å². The van der Waals surface area contributed by atoms with Gasteiger partial charge in [0, 0.05) is 30.1 Å². The van der Waals surface area contributed by atoms with Gasteiger partial charge in [-0.25, -0.2) is 0 Å². The summed E-state index contributed by atoms with van der Waals surface area (Å²) in [5, 5.41) is 10.8. The molecule has 1 N–H and O–H groups in total. The Hall–Kier alpha value is -1.88. The first-order valence-electron chi connectivity index (χ1n) is 9.24. The smallest absolute Gasteiger partial charge is 0.306 e. The van der Waals surface area contributed by atoms with E-state index in [0.29, 0.717) is 24.9 Å². The standard InChI is InChI=1S/C21H31NO4/c1-14-16-12-15(13-23)9-10-17(16)22(21(5,6)19(14)25)11-7-8-18(24)26-20(2,3)4/h9-10,12-14,19,25H,7-8,11H2,1-6H3. The zero-order chi connectivity index (χ0) is 19.7. The Labute approximate surface area is 156 Å². The second kappa shape index (κ2) is 7.39. The summed E-state index contributed by atoms with van der Waals surface area (Å²) in [5.74, 6) is -0.278. The Morgan fingerprint density at radius 1 is 1.35 bits per heavy atom. The number of esters is 1. The van der Waals surface area contributed by atoms with Gasteiger partial charge in [0.15, 0.2) is 0 Å². The van der Waals surface area contributed by atoms with Crippen molar-refractivity contribution in [2.24, 2.45) is 0 Å². The molecule has 0 radical (unpaired) electrons.